The molecule has 0 amide bonds. The SMILES string of the molecule is Cc1cc(-c2nc(C3(N)CCC3)no2)ccc1[N+](=O)[O-].Cl. The van der Waals surface area contributed by atoms with Crippen molar-refractivity contribution in [3.05, 3.63) is 39.7 Å². The van der Waals surface area contributed by atoms with Crippen LogP contribution in [0.3, 0.4) is 0 Å². The maximum absolute atomic E-state index is 10.8. The standard InChI is InChI=1S/C13H14N4O3.ClH/c1-8-7-9(3-4-10(8)17(18)19)11-15-12(16-20-11)13(14)5-2-6-13;/h3-4,7H,2,5-6,14H2,1H3;1H. The van der Waals surface area contributed by atoms with Gasteiger partial charge in [-0.15, -0.1) is 12.4 Å². The second-order valence-corrected chi connectivity index (χ2v) is 5.19. The van der Waals surface area contributed by atoms with Gasteiger partial charge in [0.05, 0.1) is 10.5 Å². The molecule has 3 rings (SSSR count). The number of hydrogen-bond donors (Lipinski definition) is 1. The molecule has 1 heterocycles. The van der Waals surface area contributed by atoms with Crippen molar-refractivity contribution in [3.63, 3.8) is 0 Å². The van der Waals surface area contributed by atoms with E-state index in [-0.39, 0.29) is 18.1 Å². The molecule has 0 spiro atoms. The molecule has 1 aromatic carbocycles. The Bertz CT molecular complexity index is 682. The van der Waals surface area contributed by atoms with E-state index < -0.39 is 10.5 Å². The second kappa shape index (κ2) is 5.42. The van der Waals surface area contributed by atoms with Crippen LogP contribution in [0.2, 0.25) is 0 Å². The predicted molar refractivity (Wildman–Crippen MR) is 78.1 cm³/mol. The van der Waals surface area contributed by atoms with E-state index in [0.717, 1.165) is 19.3 Å². The topological polar surface area (TPSA) is 108 Å². The quantitative estimate of drug-likeness (QED) is 0.689. The highest BCUT2D eigenvalue weighted by Gasteiger charge is 2.39. The number of nitrogens with zero attached hydrogens (tertiary/aromatic N) is 3. The number of aryl methyl sites for hydroxylation is 1. The Morgan fingerprint density at radius 2 is 2.14 bits per heavy atom. The summed E-state index contributed by atoms with van der Waals surface area (Å²) in [4.78, 5) is 14.7. The molecule has 1 aromatic heterocycles. The number of rotatable bonds is 3. The maximum atomic E-state index is 10.8. The molecule has 0 unspecified atom stereocenters. The molecule has 0 aliphatic heterocycles. The third-order valence-electron chi connectivity index (χ3n) is 3.76. The molecule has 0 radical (unpaired) electrons. The molecule has 1 saturated carbocycles. The highest BCUT2D eigenvalue weighted by Crippen LogP contribution is 2.37. The Kier molecular flexibility index (Phi) is 3.97. The molecular weight excluding hydrogens is 296 g/mol. The highest BCUT2D eigenvalue weighted by molar-refractivity contribution is 5.85. The minimum absolute atomic E-state index is 0. The normalized spacial score (nSPS) is 15.9. The van der Waals surface area contributed by atoms with Gasteiger partial charge >= 0.3 is 0 Å². The summed E-state index contributed by atoms with van der Waals surface area (Å²) in [7, 11) is 0. The van der Waals surface area contributed by atoms with Gasteiger partial charge in [-0.2, -0.15) is 4.98 Å². The van der Waals surface area contributed by atoms with Gasteiger partial charge in [0.1, 0.15) is 0 Å². The fraction of sp³-hybridized carbons (Fsp3) is 0.385. The fourth-order valence-corrected chi connectivity index (χ4v) is 2.32. The first-order chi connectivity index (χ1) is 9.49. The molecule has 1 fully saturated rings. The van der Waals surface area contributed by atoms with Gasteiger partial charge in [-0.05, 0) is 38.3 Å². The summed E-state index contributed by atoms with van der Waals surface area (Å²) in [6.45, 7) is 1.68. The maximum Gasteiger partial charge on any atom is 0.272 e. The Hall–Kier alpha value is -1.99. The minimum atomic E-state index is -0.475. The lowest BCUT2D eigenvalue weighted by molar-refractivity contribution is -0.385. The largest absolute Gasteiger partial charge is 0.334 e. The van der Waals surface area contributed by atoms with Gasteiger partial charge in [-0.3, -0.25) is 10.1 Å². The fourth-order valence-electron chi connectivity index (χ4n) is 2.32. The zero-order chi connectivity index (χ0) is 14.3. The van der Waals surface area contributed by atoms with Crippen molar-refractivity contribution in [2.75, 3.05) is 0 Å². The summed E-state index contributed by atoms with van der Waals surface area (Å²) in [6, 6.07) is 4.71. The van der Waals surface area contributed by atoms with Crippen LogP contribution in [0.4, 0.5) is 5.69 Å². The molecule has 112 valence electrons. The third kappa shape index (κ3) is 2.62. The zero-order valence-corrected chi connectivity index (χ0v) is 12.2. The summed E-state index contributed by atoms with van der Waals surface area (Å²) >= 11 is 0. The molecular formula is C13H15ClN4O3. The average Bonchev–Trinajstić information content (AvgIpc) is 2.85. The van der Waals surface area contributed by atoms with Gasteiger partial charge in [0.2, 0.25) is 0 Å². The Labute approximate surface area is 127 Å². The Balaban J connectivity index is 0.00000161. The number of aromatic nitrogens is 2. The second-order valence-electron chi connectivity index (χ2n) is 5.19. The van der Waals surface area contributed by atoms with Crippen molar-refractivity contribution in [2.45, 2.75) is 31.7 Å². The third-order valence-corrected chi connectivity index (χ3v) is 3.76. The van der Waals surface area contributed by atoms with Crippen molar-refractivity contribution in [2.24, 2.45) is 5.73 Å². The van der Waals surface area contributed by atoms with Crippen LogP contribution in [0, 0.1) is 17.0 Å². The molecule has 7 nitrogen and oxygen atoms in total. The lowest BCUT2D eigenvalue weighted by atomic mass is 9.77. The van der Waals surface area contributed by atoms with E-state index in [9.17, 15) is 10.1 Å². The molecule has 21 heavy (non-hydrogen) atoms. The van der Waals surface area contributed by atoms with Gasteiger partial charge in [0.25, 0.3) is 11.6 Å². The highest BCUT2D eigenvalue weighted by atomic mass is 35.5. The molecule has 1 aliphatic carbocycles. The minimum Gasteiger partial charge on any atom is -0.334 e. The molecule has 2 N–H and O–H groups in total. The van der Waals surface area contributed by atoms with Crippen LogP contribution < -0.4 is 5.73 Å². The smallest absolute Gasteiger partial charge is 0.272 e. The number of halogens is 1. The number of hydrogen-bond acceptors (Lipinski definition) is 6. The van der Waals surface area contributed by atoms with E-state index in [1.165, 1.54) is 6.07 Å². The van der Waals surface area contributed by atoms with Gasteiger partial charge < -0.3 is 10.3 Å². The van der Waals surface area contributed by atoms with Crippen molar-refractivity contribution in [1.29, 1.82) is 0 Å². The van der Waals surface area contributed by atoms with Crippen LogP contribution in [0.25, 0.3) is 11.5 Å². The van der Waals surface area contributed by atoms with E-state index in [2.05, 4.69) is 10.1 Å². The van der Waals surface area contributed by atoms with E-state index in [0.29, 0.717) is 22.8 Å². The van der Waals surface area contributed by atoms with Crippen molar-refractivity contribution >= 4 is 18.1 Å². The lowest BCUT2D eigenvalue weighted by Gasteiger charge is -2.34. The number of nitro groups is 1. The lowest BCUT2D eigenvalue weighted by Crippen LogP contribution is -2.44. The van der Waals surface area contributed by atoms with Crippen LogP contribution in [-0.2, 0) is 5.54 Å². The van der Waals surface area contributed by atoms with E-state index in [1.54, 1.807) is 19.1 Å². The van der Waals surface area contributed by atoms with Gasteiger partial charge in [0.15, 0.2) is 5.82 Å². The molecule has 2 aromatic rings. The van der Waals surface area contributed by atoms with Crippen LogP contribution in [0.5, 0.6) is 0 Å². The first-order valence-corrected chi connectivity index (χ1v) is 6.38. The van der Waals surface area contributed by atoms with Crippen molar-refractivity contribution < 1.29 is 9.45 Å². The molecule has 8 heteroatoms. The number of nitrogens with two attached hydrogens (primary N) is 1. The van der Waals surface area contributed by atoms with Crippen LogP contribution >= 0.6 is 12.4 Å². The summed E-state index contributed by atoms with van der Waals surface area (Å²) < 4.78 is 5.22. The molecule has 0 bridgehead atoms. The summed E-state index contributed by atoms with van der Waals surface area (Å²) in [6.07, 6.45) is 2.77. The first-order valence-electron chi connectivity index (χ1n) is 6.38. The predicted octanol–water partition coefficient (Wildman–Crippen LogP) is 2.71. The average molecular weight is 311 g/mol. The monoisotopic (exact) mass is 310 g/mol. The molecule has 0 atom stereocenters. The summed E-state index contributed by atoms with van der Waals surface area (Å²) in [5.74, 6) is 0.851. The molecule has 0 saturated heterocycles. The Morgan fingerprint density at radius 1 is 1.43 bits per heavy atom. The number of nitro benzene ring substituents is 1. The van der Waals surface area contributed by atoms with E-state index >= 15 is 0 Å². The van der Waals surface area contributed by atoms with Crippen LogP contribution in [0.1, 0.15) is 30.7 Å². The van der Waals surface area contributed by atoms with E-state index in [4.69, 9.17) is 10.3 Å². The van der Waals surface area contributed by atoms with Gasteiger partial charge in [0, 0.05) is 17.2 Å². The van der Waals surface area contributed by atoms with Crippen molar-refractivity contribution in [3.8, 4) is 11.5 Å². The number of benzene rings is 1. The van der Waals surface area contributed by atoms with Crippen LogP contribution in [-0.4, -0.2) is 15.1 Å². The zero-order valence-electron chi connectivity index (χ0n) is 11.4. The molecule has 1 aliphatic rings. The first kappa shape index (κ1) is 15.4. The van der Waals surface area contributed by atoms with E-state index in [1.807, 2.05) is 0 Å². The Morgan fingerprint density at radius 3 is 2.67 bits per heavy atom. The van der Waals surface area contributed by atoms with Gasteiger partial charge in [-0.1, -0.05) is 5.16 Å². The van der Waals surface area contributed by atoms with Gasteiger partial charge in [-0.25, -0.2) is 0 Å². The van der Waals surface area contributed by atoms with Crippen molar-refractivity contribution in [1.82, 2.24) is 10.1 Å². The van der Waals surface area contributed by atoms with Crippen LogP contribution in [0.15, 0.2) is 22.7 Å². The summed E-state index contributed by atoms with van der Waals surface area (Å²) in [5.41, 5.74) is 6.95. The summed E-state index contributed by atoms with van der Waals surface area (Å²) in [5, 5.41) is 14.7.